The highest BCUT2D eigenvalue weighted by Crippen LogP contribution is 2.40. The molecule has 2 heterocycles. The number of amidine groups is 1. The zero-order valence-electron chi connectivity index (χ0n) is 12.7. The van der Waals surface area contributed by atoms with Crippen LogP contribution >= 0.6 is 0 Å². The molecule has 2 saturated heterocycles. The van der Waals surface area contributed by atoms with Crippen molar-refractivity contribution in [2.24, 2.45) is 11.8 Å². The molecule has 0 saturated carbocycles. The second-order valence-corrected chi connectivity index (χ2v) is 6.86. The molecule has 6 heteroatoms. The Hall–Kier alpha value is -0.875. The van der Waals surface area contributed by atoms with Gasteiger partial charge in [-0.15, -0.1) is 0 Å². The molecule has 1 amide bonds. The van der Waals surface area contributed by atoms with E-state index in [-0.39, 0.29) is 5.91 Å². The van der Waals surface area contributed by atoms with Crippen LogP contribution in [0.1, 0.15) is 40.0 Å². The van der Waals surface area contributed by atoms with E-state index in [0.29, 0.717) is 37.2 Å². The minimum absolute atomic E-state index is 0.0719. The molecule has 1 unspecified atom stereocenters. The molecule has 5 nitrogen and oxygen atoms in total. The van der Waals surface area contributed by atoms with Crippen LogP contribution in [0.4, 0.5) is 0 Å². The average molecular weight is 278 g/mol. The number of piperidine rings is 1. The van der Waals surface area contributed by atoms with Crippen LogP contribution in [0.3, 0.4) is 0 Å². The van der Waals surface area contributed by atoms with Crippen molar-refractivity contribution >= 4 is 18.9 Å². The van der Waals surface area contributed by atoms with Gasteiger partial charge in [-0.05, 0) is 31.1 Å². The summed E-state index contributed by atoms with van der Waals surface area (Å²) < 4.78 is 0. The van der Waals surface area contributed by atoms with Gasteiger partial charge in [-0.2, -0.15) is 5.06 Å². The molecule has 2 aliphatic rings. The van der Waals surface area contributed by atoms with Gasteiger partial charge in [0.25, 0.3) is 0 Å². The Kier molecular flexibility index (Phi) is 4.54. The average Bonchev–Trinajstić information content (AvgIpc) is 2.54. The molecule has 1 radical (unpaired) electrons. The summed E-state index contributed by atoms with van der Waals surface area (Å²) in [6, 6.07) is 0. The summed E-state index contributed by atoms with van der Waals surface area (Å²) in [6.45, 7) is 8.10. The van der Waals surface area contributed by atoms with Crippen molar-refractivity contribution in [1.29, 1.82) is 5.41 Å². The van der Waals surface area contributed by atoms with Crippen molar-refractivity contribution in [1.82, 2.24) is 9.96 Å². The third-order valence-electron chi connectivity index (χ3n) is 4.34. The summed E-state index contributed by atoms with van der Waals surface area (Å²) in [7, 11) is 1.82. The number of carbonyl (C=O) groups is 1. The van der Waals surface area contributed by atoms with Gasteiger partial charge in [0.05, 0.1) is 5.73 Å². The molecule has 2 fully saturated rings. The van der Waals surface area contributed by atoms with Gasteiger partial charge >= 0.3 is 0 Å². The minimum atomic E-state index is -0.511. The predicted molar refractivity (Wildman–Crippen MR) is 79.1 cm³/mol. The van der Waals surface area contributed by atoms with E-state index < -0.39 is 5.31 Å². The Morgan fingerprint density at radius 1 is 1.45 bits per heavy atom. The lowest BCUT2D eigenvalue weighted by Crippen LogP contribution is -2.40. The maximum absolute atomic E-state index is 12.6. The van der Waals surface area contributed by atoms with E-state index in [4.69, 9.17) is 5.41 Å². The van der Waals surface area contributed by atoms with Crippen LogP contribution in [-0.4, -0.2) is 53.7 Å². The maximum atomic E-state index is 12.6. The normalized spacial score (nSPS) is 29.4. The Balaban J connectivity index is 1.98. The summed E-state index contributed by atoms with van der Waals surface area (Å²) in [5.74, 6) is 0.894. The van der Waals surface area contributed by atoms with Crippen LogP contribution in [0, 0.1) is 17.2 Å². The molecule has 0 bridgehead atoms. The van der Waals surface area contributed by atoms with Crippen LogP contribution < -0.4 is 0 Å². The zero-order chi connectivity index (χ0) is 14.9. The van der Waals surface area contributed by atoms with Gasteiger partial charge in [-0.25, -0.2) is 0 Å². The Bertz CT molecular complexity index is 394. The van der Waals surface area contributed by atoms with Crippen LogP contribution in [0.15, 0.2) is 0 Å². The quantitative estimate of drug-likeness (QED) is 0.770. The van der Waals surface area contributed by atoms with Gasteiger partial charge < -0.3 is 10.1 Å². The van der Waals surface area contributed by atoms with E-state index in [1.54, 1.807) is 4.90 Å². The van der Waals surface area contributed by atoms with Crippen LogP contribution in [0.25, 0.3) is 0 Å². The first-order valence-electron chi connectivity index (χ1n) is 7.52. The lowest BCUT2D eigenvalue weighted by Gasteiger charge is -2.31. The summed E-state index contributed by atoms with van der Waals surface area (Å²) in [4.78, 5) is 14.2. The monoisotopic (exact) mass is 278 g/mol. The predicted octanol–water partition coefficient (Wildman–Crippen LogP) is 1.79. The smallest absolute Gasteiger partial charge is 0.225 e. The van der Waals surface area contributed by atoms with E-state index in [9.17, 15) is 10.0 Å². The lowest BCUT2D eigenvalue weighted by molar-refractivity contribution is -0.131. The molecule has 0 aromatic heterocycles. The summed E-state index contributed by atoms with van der Waals surface area (Å²) in [5.41, 5.74) is 0.351. The number of rotatable bonds is 4. The minimum Gasteiger partial charge on any atom is -0.314 e. The van der Waals surface area contributed by atoms with E-state index >= 15 is 0 Å². The summed E-state index contributed by atoms with van der Waals surface area (Å²) in [5, 5.41) is 18.3. The van der Waals surface area contributed by atoms with E-state index in [0.717, 1.165) is 19.3 Å². The molecule has 2 N–H and O–H groups in total. The van der Waals surface area contributed by atoms with Crippen LogP contribution in [0.2, 0.25) is 5.31 Å². The van der Waals surface area contributed by atoms with E-state index in [2.05, 4.69) is 13.8 Å². The van der Waals surface area contributed by atoms with Gasteiger partial charge in [0, 0.05) is 24.9 Å². The fraction of sp³-hybridized carbons (Fsp3) is 0.857. The Morgan fingerprint density at radius 3 is 2.60 bits per heavy atom. The second-order valence-electron chi connectivity index (χ2n) is 6.86. The number of nitrogens with zero attached hydrogens (tertiary/aromatic N) is 2. The van der Waals surface area contributed by atoms with Crippen LogP contribution in [0.5, 0.6) is 0 Å². The highest BCUT2D eigenvalue weighted by molar-refractivity contribution is 6.83. The molecule has 111 valence electrons. The van der Waals surface area contributed by atoms with Gasteiger partial charge in [0.2, 0.25) is 13.2 Å². The van der Waals surface area contributed by atoms with Crippen molar-refractivity contribution in [3.8, 4) is 0 Å². The van der Waals surface area contributed by atoms with Crippen molar-refractivity contribution in [3.05, 3.63) is 0 Å². The van der Waals surface area contributed by atoms with E-state index in [1.165, 1.54) is 5.06 Å². The highest BCUT2D eigenvalue weighted by Gasteiger charge is 2.47. The molecular weight excluding hydrogens is 253 g/mol. The molecule has 20 heavy (non-hydrogen) atoms. The van der Waals surface area contributed by atoms with Gasteiger partial charge in [-0.1, -0.05) is 20.8 Å². The first kappa shape index (κ1) is 15.5. The zero-order valence-corrected chi connectivity index (χ0v) is 12.7. The molecule has 2 rings (SSSR count). The molecule has 0 aliphatic carbocycles. The lowest BCUT2D eigenvalue weighted by atomic mass is 9.52. The highest BCUT2D eigenvalue weighted by atomic mass is 16.5. The second kappa shape index (κ2) is 5.86. The largest absolute Gasteiger partial charge is 0.314 e. The fourth-order valence-corrected chi connectivity index (χ4v) is 3.39. The molecule has 0 aromatic rings. The maximum Gasteiger partial charge on any atom is 0.225 e. The molecular formula is C14H25BN3O2. The first-order chi connectivity index (χ1) is 9.32. The topological polar surface area (TPSA) is 67.6 Å². The van der Waals surface area contributed by atoms with Crippen molar-refractivity contribution in [3.63, 3.8) is 0 Å². The molecule has 1 atom stereocenters. The van der Waals surface area contributed by atoms with Gasteiger partial charge in [0.15, 0.2) is 0 Å². The Morgan fingerprint density at radius 2 is 2.05 bits per heavy atom. The Labute approximate surface area is 122 Å². The molecule has 2 aliphatic heterocycles. The molecule has 0 aromatic carbocycles. The fourth-order valence-electron chi connectivity index (χ4n) is 3.39. The number of hydrogen-bond acceptors (Lipinski definition) is 4. The number of hydrogen-bond donors (Lipinski definition) is 2. The third kappa shape index (κ3) is 3.23. The number of hydroxylamine groups is 2. The van der Waals surface area contributed by atoms with Gasteiger partial charge in [-0.3, -0.25) is 10.2 Å². The van der Waals surface area contributed by atoms with Crippen molar-refractivity contribution in [2.45, 2.75) is 45.3 Å². The van der Waals surface area contributed by atoms with Crippen molar-refractivity contribution < 1.29 is 10.0 Å². The van der Waals surface area contributed by atoms with E-state index in [1.807, 2.05) is 14.2 Å². The third-order valence-corrected chi connectivity index (χ3v) is 4.34. The summed E-state index contributed by atoms with van der Waals surface area (Å²) >= 11 is 0. The number of nitrogens with one attached hydrogen (secondary N) is 1. The molecule has 0 spiro atoms. The number of carbonyl (C=O) groups excluding carboxylic acids is 1. The standard InChI is InChI=1S/C14H25BN3O2/c1-10(2)8-14(3)12(19)18(13(16)15-14)9-11-4-6-17(20)7-5-11/h10-11,16,20H,4-9H2,1-3H3. The summed E-state index contributed by atoms with van der Waals surface area (Å²) in [6.07, 6.45) is 2.56. The van der Waals surface area contributed by atoms with Crippen molar-refractivity contribution in [2.75, 3.05) is 19.6 Å². The SMILES string of the molecule is CC(C)CC1(C)[B]C(=N)N(CC2CCN(O)CC2)C1=O. The first-order valence-corrected chi connectivity index (χ1v) is 7.52. The number of amides is 1. The van der Waals surface area contributed by atoms with Gasteiger partial charge in [0.1, 0.15) is 0 Å². The van der Waals surface area contributed by atoms with Crippen LogP contribution in [-0.2, 0) is 4.79 Å².